The number of aromatic carboxylic acids is 1. The number of methoxy groups -OCH3 is 1. The summed E-state index contributed by atoms with van der Waals surface area (Å²) < 4.78 is 4.97. The summed E-state index contributed by atoms with van der Waals surface area (Å²) in [7, 11) is 3.15. The number of carboxylic acids is 1. The first-order valence-electron chi connectivity index (χ1n) is 5.92. The maximum atomic E-state index is 12.0. The van der Waals surface area contributed by atoms with Crippen molar-refractivity contribution < 1.29 is 19.4 Å². The first-order chi connectivity index (χ1) is 9.36. The van der Waals surface area contributed by atoms with Crippen LogP contribution in [0, 0.1) is 0 Å². The number of benzene rings is 1. The molecular formula is C13H17ClN2O4. The lowest BCUT2D eigenvalue weighted by Gasteiger charge is -2.24. The molecule has 0 aliphatic heterocycles. The van der Waals surface area contributed by atoms with Gasteiger partial charge in [-0.3, -0.25) is 0 Å². The lowest BCUT2D eigenvalue weighted by molar-refractivity contribution is 0.0698. The molecule has 0 bridgehead atoms. The molecule has 1 unspecified atom stereocenters. The molecule has 1 aromatic carbocycles. The van der Waals surface area contributed by atoms with E-state index in [0.29, 0.717) is 11.6 Å². The number of nitrogens with zero attached hydrogens (tertiary/aromatic N) is 1. The summed E-state index contributed by atoms with van der Waals surface area (Å²) in [4.78, 5) is 24.6. The van der Waals surface area contributed by atoms with Crippen LogP contribution in [0.2, 0.25) is 5.02 Å². The lowest BCUT2D eigenvalue weighted by atomic mass is 10.2. The van der Waals surface area contributed by atoms with E-state index in [1.54, 1.807) is 14.2 Å². The Labute approximate surface area is 122 Å². The van der Waals surface area contributed by atoms with Crippen LogP contribution in [0.3, 0.4) is 0 Å². The molecule has 1 aromatic rings. The number of amides is 2. The summed E-state index contributed by atoms with van der Waals surface area (Å²) >= 11 is 5.75. The van der Waals surface area contributed by atoms with Gasteiger partial charge in [-0.2, -0.15) is 0 Å². The Morgan fingerprint density at radius 2 is 2.15 bits per heavy atom. The molecule has 1 atom stereocenters. The van der Waals surface area contributed by atoms with E-state index in [2.05, 4.69) is 5.32 Å². The third-order valence-electron chi connectivity index (χ3n) is 2.84. The van der Waals surface area contributed by atoms with Gasteiger partial charge >= 0.3 is 12.0 Å². The molecule has 1 rings (SSSR count). The minimum absolute atomic E-state index is 0.0568. The Morgan fingerprint density at radius 1 is 1.50 bits per heavy atom. The lowest BCUT2D eigenvalue weighted by Crippen LogP contribution is -2.40. The van der Waals surface area contributed by atoms with Crippen molar-refractivity contribution in [3.05, 3.63) is 28.8 Å². The predicted molar refractivity (Wildman–Crippen MR) is 76.5 cm³/mol. The summed E-state index contributed by atoms with van der Waals surface area (Å²) in [6.07, 6.45) is 0. The van der Waals surface area contributed by atoms with Crippen LogP contribution in [0.4, 0.5) is 10.5 Å². The van der Waals surface area contributed by atoms with Gasteiger partial charge in [0, 0.05) is 19.2 Å². The Bertz CT molecular complexity index is 507. The van der Waals surface area contributed by atoms with Gasteiger partial charge in [0.15, 0.2) is 0 Å². The fourth-order valence-electron chi connectivity index (χ4n) is 1.56. The molecule has 0 radical (unpaired) electrons. The Hall–Kier alpha value is -1.79. The molecule has 0 aromatic heterocycles. The van der Waals surface area contributed by atoms with Crippen LogP contribution in [-0.4, -0.2) is 48.8 Å². The smallest absolute Gasteiger partial charge is 0.337 e. The largest absolute Gasteiger partial charge is 0.478 e. The van der Waals surface area contributed by atoms with E-state index in [1.165, 1.54) is 23.1 Å². The van der Waals surface area contributed by atoms with Gasteiger partial charge in [0.05, 0.1) is 23.9 Å². The molecule has 110 valence electrons. The van der Waals surface area contributed by atoms with Gasteiger partial charge in [0.2, 0.25) is 0 Å². The number of urea groups is 1. The number of halogens is 1. The molecule has 0 saturated carbocycles. The van der Waals surface area contributed by atoms with Crippen LogP contribution in [0.25, 0.3) is 0 Å². The fraction of sp³-hybridized carbons (Fsp3) is 0.385. The van der Waals surface area contributed by atoms with E-state index < -0.39 is 12.0 Å². The molecule has 0 saturated heterocycles. The van der Waals surface area contributed by atoms with Crippen molar-refractivity contribution in [2.45, 2.75) is 13.0 Å². The topological polar surface area (TPSA) is 78.9 Å². The van der Waals surface area contributed by atoms with Crippen molar-refractivity contribution in [1.29, 1.82) is 0 Å². The molecule has 6 nitrogen and oxygen atoms in total. The standard InChI is InChI=1S/C13H17ClN2O4/c1-8(7-20-3)16(2)13(19)15-11-5-4-9(14)6-10(11)12(17)18/h4-6,8H,7H2,1-3H3,(H,15,19)(H,17,18). The second-order valence-electron chi connectivity index (χ2n) is 4.34. The van der Waals surface area contributed by atoms with Gasteiger partial charge in [-0.05, 0) is 25.1 Å². The average Bonchev–Trinajstić information content (AvgIpc) is 2.39. The Kier molecular flexibility index (Phi) is 5.79. The molecule has 0 aliphatic rings. The van der Waals surface area contributed by atoms with Gasteiger partial charge in [0.1, 0.15) is 0 Å². The van der Waals surface area contributed by atoms with E-state index in [0.717, 1.165) is 0 Å². The second-order valence-corrected chi connectivity index (χ2v) is 4.78. The monoisotopic (exact) mass is 300 g/mol. The molecule has 0 fully saturated rings. The number of carboxylic acid groups (broad SMARTS) is 1. The zero-order valence-electron chi connectivity index (χ0n) is 11.5. The van der Waals surface area contributed by atoms with Crippen molar-refractivity contribution in [3.8, 4) is 0 Å². The highest BCUT2D eigenvalue weighted by Gasteiger charge is 2.18. The molecule has 0 spiro atoms. The van der Waals surface area contributed by atoms with Crippen LogP contribution in [0.1, 0.15) is 17.3 Å². The number of likely N-dealkylation sites (N-methyl/N-ethyl adjacent to an activating group) is 1. The van der Waals surface area contributed by atoms with Gasteiger partial charge in [-0.1, -0.05) is 11.6 Å². The first-order valence-corrected chi connectivity index (χ1v) is 6.30. The van der Waals surface area contributed by atoms with Crippen molar-refractivity contribution in [3.63, 3.8) is 0 Å². The van der Waals surface area contributed by atoms with Crippen molar-refractivity contribution in [1.82, 2.24) is 4.90 Å². The fourth-order valence-corrected chi connectivity index (χ4v) is 1.73. The number of carbonyl (C=O) groups excluding carboxylic acids is 1. The number of ether oxygens (including phenoxy) is 1. The summed E-state index contributed by atoms with van der Waals surface area (Å²) in [5.41, 5.74) is 0.141. The SMILES string of the molecule is COCC(C)N(C)C(=O)Nc1ccc(Cl)cc1C(=O)O. The van der Waals surface area contributed by atoms with E-state index in [9.17, 15) is 9.59 Å². The summed E-state index contributed by atoms with van der Waals surface area (Å²) in [6, 6.07) is 3.71. The minimum Gasteiger partial charge on any atom is -0.478 e. The van der Waals surface area contributed by atoms with Crippen molar-refractivity contribution in [2.75, 3.05) is 26.1 Å². The van der Waals surface area contributed by atoms with Crippen molar-refractivity contribution in [2.24, 2.45) is 0 Å². The Morgan fingerprint density at radius 3 is 2.70 bits per heavy atom. The summed E-state index contributed by atoms with van der Waals surface area (Å²) in [6.45, 7) is 2.21. The van der Waals surface area contributed by atoms with E-state index >= 15 is 0 Å². The maximum Gasteiger partial charge on any atom is 0.337 e. The number of anilines is 1. The van der Waals surface area contributed by atoms with Gasteiger partial charge in [0.25, 0.3) is 0 Å². The predicted octanol–water partition coefficient (Wildman–Crippen LogP) is 2.54. The number of carbonyl (C=O) groups is 2. The number of rotatable bonds is 5. The summed E-state index contributed by atoms with van der Waals surface area (Å²) in [5.74, 6) is -1.16. The highest BCUT2D eigenvalue weighted by molar-refractivity contribution is 6.31. The molecule has 2 amide bonds. The van der Waals surface area contributed by atoms with Gasteiger partial charge < -0.3 is 20.1 Å². The molecular weight excluding hydrogens is 284 g/mol. The summed E-state index contributed by atoms with van der Waals surface area (Å²) in [5, 5.41) is 11.9. The third-order valence-corrected chi connectivity index (χ3v) is 3.08. The Balaban J connectivity index is 2.88. The first kappa shape index (κ1) is 16.3. The average molecular weight is 301 g/mol. The molecule has 7 heteroatoms. The van der Waals surface area contributed by atoms with Crippen molar-refractivity contribution >= 4 is 29.3 Å². The minimum atomic E-state index is -1.16. The van der Waals surface area contributed by atoms with E-state index in [1.807, 2.05) is 6.92 Å². The van der Waals surface area contributed by atoms with E-state index in [-0.39, 0.29) is 17.3 Å². The third kappa shape index (κ3) is 4.11. The van der Waals surface area contributed by atoms with Crippen LogP contribution in [0.5, 0.6) is 0 Å². The highest BCUT2D eigenvalue weighted by atomic mass is 35.5. The molecule has 0 aliphatic carbocycles. The number of hydrogen-bond donors (Lipinski definition) is 2. The van der Waals surface area contributed by atoms with E-state index in [4.69, 9.17) is 21.4 Å². The second kappa shape index (κ2) is 7.12. The molecule has 2 N–H and O–H groups in total. The number of nitrogens with one attached hydrogen (secondary N) is 1. The van der Waals surface area contributed by atoms with Gasteiger partial charge in [-0.25, -0.2) is 9.59 Å². The van der Waals surface area contributed by atoms with Crippen LogP contribution >= 0.6 is 11.6 Å². The molecule has 0 heterocycles. The number of hydrogen-bond acceptors (Lipinski definition) is 3. The maximum absolute atomic E-state index is 12.0. The zero-order valence-corrected chi connectivity index (χ0v) is 12.3. The normalized spacial score (nSPS) is 11.8. The quantitative estimate of drug-likeness (QED) is 0.876. The van der Waals surface area contributed by atoms with Crippen LogP contribution in [0.15, 0.2) is 18.2 Å². The van der Waals surface area contributed by atoms with Crippen LogP contribution < -0.4 is 5.32 Å². The zero-order chi connectivity index (χ0) is 15.3. The highest BCUT2D eigenvalue weighted by Crippen LogP contribution is 2.21. The molecule has 20 heavy (non-hydrogen) atoms. The van der Waals surface area contributed by atoms with Crippen LogP contribution in [-0.2, 0) is 4.74 Å². The van der Waals surface area contributed by atoms with Gasteiger partial charge in [-0.15, -0.1) is 0 Å².